The van der Waals surface area contributed by atoms with Gasteiger partial charge in [0.15, 0.2) is 0 Å². The number of ether oxygens (including phenoxy) is 1. The molecule has 1 fully saturated rings. The maximum absolute atomic E-state index is 5.78. The molecule has 0 aromatic carbocycles. The molecule has 84 valence electrons. The number of rotatable bonds is 1. The molecule has 0 amide bonds. The summed E-state index contributed by atoms with van der Waals surface area (Å²) in [5.74, 6) is 1.02. The Kier molecular flexibility index (Phi) is 2.69. The van der Waals surface area contributed by atoms with E-state index in [1.165, 1.54) is 12.8 Å². The maximum atomic E-state index is 5.78. The molecule has 2 aromatic rings. The predicted molar refractivity (Wildman–Crippen MR) is 65.4 cm³/mol. The summed E-state index contributed by atoms with van der Waals surface area (Å²) in [6.07, 6.45) is 5.51. The highest BCUT2D eigenvalue weighted by atomic mass is 79.9. The normalized spacial score (nSPS) is 21.4. The molecule has 4 heteroatoms. The molecule has 1 atom stereocenters. The summed E-state index contributed by atoms with van der Waals surface area (Å²) in [6.45, 7) is 0.851. The molecule has 0 saturated carbocycles. The number of hydrogen-bond donors (Lipinski definition) is 0. The average molecular weight is 281 g/mol. The van der Waals surface area contributed by atoms with E-state index in [4.69, 9.17) is 4.74 Å². The van der Waals surface area contributed by atoms with E-state index in [0.717, 1.165) is 29.0 Å². The second-order valence-electron chi connectivity index (χ2n) is 4.08. The van der Waals surface area contributed by atoms with Crippen molar-refractivity contribution in [2.45, 2.75) is 25.4 Å². The van der Waals surface area contributed by atoms with Gasteiger partial charge in [0.2, 0.25) is 0 Å². The lowest BCUT2D eigenvalue weighted by Gasteiger charge is -2.21. The van der Waals surface area contributed by atoms with Crippen LogP contribution >= 0.6 is 15.9 Å². The molecule has 0 aliphatic carbocycles. The van der Waals surface area contributed by atoms with Crippen molar-refractivity contribution in [3.63, 3.8) is 0 Å². The van der Waals surface area contributed by atoms with Crippen molar-refractivity contribution in [2.75, 3.05) is 6.61 Å². The zero-order chi connectivity index (χ0) is 11.0. The highest BCUT2D eigenvalue weighted by Crippen LogP contribution is 2.29. The second kappa shape index (κ2) is 4.18. The van der Waals surface area contributed by atoms with Gasteiger partial charge in [-0.2, -0.15) is 0 Å². The molecule has 0 bridgehead atoms. The molecule has 2 aromatic heterocycles. The van der Waals surface area contributed by atoms with Gasteiger partial charge in [0.05, 0.1) is 16.3 Å². The second-order valence-corrected chi connectivity index (χ2v) is 4.89. The third-order valence-corrected chi connectivity index (χ3v) is 3.62. The van der Waals surface area contributed by atoms with E-state index in [1.54, 1.807) is 0 Å². The quantitative estimate of drug-likeness (QED) is 0.749. The van der Waals surface area contributed by atoms with Gasteiger partial charge >= 0.3 is 0 Å². The standard InChI is InChI=1S/C12H13BrN2O/c13-11-6-3-4-9-8-14-12(15(9)11)10-5-1-2-7-16-10/h3-4,6,8,10H,1-2,5,7H2. The molecule has 0 N–H and O–H groups in total. The predicted octanol–water partition coefficient (Wildman–Crippen LogP) is 3.34. The van der Waals surface area contributed by atoms with Crippen LogP contribution in [0, 0.1) is 0 Å². The molecule has 16 heavy (non-hydrogen) atoms. The average Bonchev–Trinajstić information content (AvgIpc) is 2.75. The maximum Gasteiger partial charge on any atom is 0.143 e. The van der Waals surface area contributed by atoms with E-state index in [-0.39, 0.29) is 6.10 Å². The van der Waals surface area contributed by atoms with Crippen molar-refractivity contribution < 1.29 is 4.74 Å². The first kappa shape index (κ1) is 10.3. The van der Waals surface area contributed by atoms with Crippen molar-refractivity contribution in [3.05, 3.63) is 34.8 Å². The first-order valence-corrected chi connectivity index (χ1v) is 6.39. The van der Waals surface area contributed by atoms with Crippen LogP contribution in [0.15, 0.2) is 29.0 Å². The Morgan fingerprint density at radius 3 is 3.12 bits per heavy atom. The zero-order valence-corrected chi connectivity index (χ0v) is 10.5. The third-order valence-electron chi connectivity index (χ3n) is 3.00. The summed E-state index contributed by atoms with van der Waals surface area (Å²) in [4.78, 5) is 4.49. The molecule has 1 aliphatic heterocycles. The Hall–Kier alpha value is -0.870. The summed E-state index contributed by atoms with van der Waals surface area (Å²) >= 11 is 3.56. The van der Waals surface area contributed by atoms with E-state index < -0.39 is 0 Å². The van der Waals surface area contributed by atoms with Crippen LogP contribution in [0.1, 0.15) is 31.2 Å². The lowest BCUT2D eigenvalue weighted by molar-refractivity contribution is 0.00905. The van der Waals surface area contributed by atoms with Crippen LogP contribution in [0.4, 0.5) is 0 Å². The first-order valence-electron chi connectivity index (χ1n) is 5.60. The van der Waals surface area contributed by atoms with E-state index in [9.17, 15) is 0 Å². The van der Waals surface area contributed by atoms with Gasteiger partial charge in [-0.1, -0.05) is 6.07 Å². The Morgan fingerprint density at radius 1 is 1.38 bits per heavy atom. The molecule has 1 aliphatic rings. The smallest absolute Gasteiger partial charge is 0.143 e. The van der Waals surface area contributed by atoms with Gasteiger partial charge in [-0.25, -0.2) is 4.98 Å². The fourth-order valence-electron chi connectivity index (χ4n) is 2.20. The Morgan fingerprint density at radius 2 is 2.31 bits per heavy atom. The fourth-order valence-corrected chi connectivity index (χ4v) is 2.74. The van der Waals surface area contributed by atoms with Crippen LogP contribution in [0.25, 0.3) is 5.52 Å². The fraction of sp³-hybridized carbons (Fsp3) is 0.417. The van der Waals surface area contributed by atoms with Crippen molar-refractivity contribution in [2.24, 2.45) is 0 Å². The van der Waals surface area contributed by atoms with Crippen molar-refractivity contribution >= 4 is 21.4 Å². The summed E-state index contributed by atoms with van der Waals surface area (Å²) in [7, 11) is 0. The minimum Gasteiger partial charge on any atom is -0.370 e. The SMILES string of the molecule is Brc1cccc2cnc(C3CCCCO3)n12. The van der Waals surface area contributed by atoms with Crippen LogP contribution in [0.2, 0.25) is 0 Å². The van der Waals surface area contributed by atoms with Gasteiger partial charge in [-0.15, -0.1) is 0 Å². The first-order chi connectivity index (χ1) is 7.86. The molecular formula is C12H13BrN2O. The minimum absolute atomic E-state index is 0.148. The number of nitrogens with zero attached hydrogens (tertiary/aromatic N) is 2. The molecule has 0 spiro atoms. The van der Waals surface area contributed by atoms with Gasteiger partial charge in [0, 0.05) is 6.61 Å². The van der Waals surface area contributed by atoms with Crippen molar-refractivity contribution in [3.8, 4) is 0 Å². The third kappa shape index (κ3) is 1.66. The van der Waals surface area contributed by atoms with Crippen LogP contribution in [0.5, 0.6) is 0 Å². The molecule has 1 unspecified atom stereocenters. The highest BCUT2D eigenvalue weighted by Gasteiger charge is 2.21. The molecular weight excluding hydrogens is 268 g/mol. The minimum atomic E-state index is 0.148. The lowest BCUT2D eigenvalue weighted by Crippen LogP contribution is -2.14. The summed E-state index contributed by atoms with van der Waals surface area (Å²) in [6, 6.07) is 6.11. The monoisotopic (exact) mass is 280 g/mol. The molecule has 1 saturated heterocycles. The summed E-state index contributed by atoms with van der Waals surface area (Å²) in [5, 5.41) is 0. The van der Waals surface area contributed by atoms with Crippen LogP contribution in [0.3, 0.4) is 0 Å². The number of imidazole rings is 1. The molecule has 3 heterocycles. The van der Waals surface area contributed by atoms with Gasteiger partial charge in [-0.05, 0) is 47.3 Å². The molecule has 3 rings (SSSR count). The topological polar surface area (TPSA) is 26.5 Å². The number of aromatic nitrogens is 2. The Bertz CT molecular complexity index is 503. The van der Waals surface area contributed by atoms with E-state index in [0.29, 0.717) is 0 Å². The molecule has 3 nitrogen and oxygen atoms in total. The van der Waals surface area contributed by atoms with E-state index in [2.05, 4.69) is 31.4 Å². The highest BCUT2D eigenvalue weighted by molar-refractivity contribution is 9.10. The Labute approximate surface area is 103 Å². The largest absolute Gasteiger partial charge is 0.370 e. The summed E-state index contributed by atoms with van der Waals surface area (Å²) in [5.41, 5.74) is 1.11. The van der Waals surface area contributed by atoms with Gasteiger partial charge < -0.3 is 4.74 Å². The number of hydrogen-bond acceptors (Lipinski definition) is 2. The van der Waals surface area contributed by atoms with Crippen LogP contribution in [-0.4, -0.2) is 16.0 Å². The lowest BCUT2D eigenvalue weighted by atomic mass is 10.1. The van der Waals surface area contributed by atoms with Gasteiger partial charge in [0.1, 0.15) is 11.9 Å². The van der Waals surface area contributed by atoms with Crippen molar-refractivity contribution in [1.29, 1.82) is 0 Å². The number of pyridine rings is 1. The Balaban J connectivity index is 2.09. The summed E-state index contributed by atoms with van der Waals surface area (Å²) < 4.78 is 8.94. The number of fused-ring (bicyclic) bond motifs is 1. The van der Waals surface area contributed by atoms with Crippen LogP contribution in [-0.2, 0) is 4.74 Å². The van der Waals surface area contributed by atoms with E-state index >= 15 is 0 Å². The molecule has 0 radical (unpaired) electrons. The van der Waals surface area contributed by atoms with Crippen molar-refractivity contribution in [1.82, 2.24) is 9.38 Å². The zero-order valence-electron chi connectivity index (χ0n) is 8.90. The van der Waals surface area contributed by atoms with E-state index in [1.807, 2.05) is 18.3 Å². The van der Waals surface area contributed by atoms with Gasteiger partial charge in [-0.3, -0.25) is 4.40 Å². The van der Waals surface area contributed by atoms with Crippen LogP contribution < -0.4 is 0 Å². The number of halogens is 1. The van der Waals surface area contributed by atoms with Gasteiger partial charge in [0.25, 0.3) is 0 Å².